The third-order valence-electron chi connectivity index (χ3n) is 2.47. The lowest BCUT2D eigenvalue weighted by Crippen LogP contribution is -2.06. The fourth-order valence-electron chi connectivity index (χ4n) is 1.46. The molecule has 0 unspecified atom stereocenters. The molecule has 1 rings (SSSR count). The number of carbonyl (C=O) groups is 2. The Morgan fingerprint density at radius 3 is 2.33 bits per heavy atom. The Morgan fingerprint density at radius 2 is 1.83 bits per heavy atom. The lowest BCUT2D eigenvalue weighted by Gasteiger charge is -2.05. The molecule has 3 nitrogen and oxygen atoms in total. The Bertz CT molecular complexity index is 410. The number of benzene rings is 1. The van der Waals surface area contributed by atoms with Crippen LogP contribution in [0.4, 0.5) is 0 Å². The summed E-state index contributed by atoms with van der Waals surface area (Å²) < 4.78 is 0. The summed E-state index contributed by atoms with van der Waals surface area (Å²) in [5, 5.41) is 8.51. The van der Waals surface area contributed by atoms with Gasteiger partial charge in [0.15, 0.2) is 5.78 Å². The van der Waals surface area contributed by atoms with Gasteiger partial charge in [-0.05, 0) is 24.3 Å². The van der Waals surface area contributed by atoms with E-state index in [0.717, 1.165) is 16.2 Å². The number of hydrogen-bond acceptors (Lipinski definition) is 3. The van der Waals surface area contributed by atoms with Crippen LogP contribution in [0.15, 0.2) is 29.2 Å². The second-order valence-corrected chi connectivity index (χ2v) is 5.56. The summed E-state index contributed by atoms with van der Waals surface area (Å²) in [7, 11) is 0. The lowest BCUT2D eigenvalue weighted by atomic mass is 10.0. The van der Waals surface area contributed by atoms with Crippen LogP contribution < -0.4 is 0 Å². The van der Waals surface area contributed by atoms with Crippen molar-refractivity contribution in [2.75, 3.05) is 5.75 Å². The molecule has 98 valence electrons. The highest BCUT2D eigenvalue weighted by Gasteiger charge is 2.09. The van der Waals surface area contributed by atoms with Crippen LogP contribution in [0.5, 0.6) is 0 Å². The third kappa shape index (κ3) is 4.92. The van der Waals surface area contributed by atoms with Crippen LogP contribution in [0.3, 0.4) is 0 Å². The van der Waals surface area contributed by atoms with Crippen LogP contribution in [0.2, 0.25) is 0 Å². The summed E-state index contributed by atoms with van der Waals surface area (Å²) in [6.45, 7) is 3.77. The topological polar surface area (TPSA) is 54.4 Å². The molecule has 0 fully saturated rings. The molecule has 0 bridgehead atoms. The van der Waals surface area contributed by atoms with Gasteiger partial charge in [-0.25, -0.2) is 0 Å². The summed E-state index contributed by atoms with van der Waals surface area (Å²) in [4.78, 5) is 23.1. The van der Waals surface area contributed by atoms with E-state index in [1.807, 2.05) is 38.1 Å². The zero-order chi connectivity index (χ0) is 13.5. The van der Waals surface area contributed by atoms with Gasteiger partial charge >= 0.3 is 5.97 Å². The predicted octanol–water partition coefficient (Wildman–Crippen LogP) is 3.48. The van der Waals surface area contributed by atoms with Gasteiger partial charge in [-0.3, -0.25) is 9.59 Å². The molecule has 0 saturated heterocycles. The van der Waals surface area contributed by atoms with Gasteiger partial charge < -0.3 is 5.11 Å². The van der Waals surface area contributed by atoms with Gasteiger partial charge in [0.05, 0.1) is 0 Å². The Balaban J connectivity index is 2.45. The quantitative estimate of drug-likeness (QED) is 0.466. The van der Waals surface area contributed by atoms with Crippen molar-refractivity contribution in [3.05, 3.63) is 29.8 Å². The summed E-state index contributed by atoms with van der Waals surface area (Å²) in [6.07, 6.45) is 0.865. The number of hydrogen-bond donors (Lipinski definition) is 1. The van der Waals surface area contributed by atoms with Crippen LogP contribution >= 0.6 is 11.8 Å². The van der Waals surface area contributed by atoms with Crippen LogP contribution in [-0.4, -0.2) is 22.6 Å². The number of ketones is 1. The smallest absolute Gasteiger partial charge is 0.303 e. The molecule has 0 amide bonds. The predicted molar refractivity (Wildman–Crippen MR) is 73.2 cm³/mol. The summed E-state index contributed by atoms with van der Waals surface area (Å²) in [6, 6.07) is 7.51. The number of aliphatic carboxylic acids is 1. The highest BCUT2D eigenvalue weighted by atomic mass is 32.2. The molecule has 0 heterocycles. The molecule has 0 aliphatic carbocycles. The van der Waals surface area contributed by atoms with Crippen molar-refractivity contribution in [1.82, 2.24) is 0 Å². The average Bonchev–Trinajstić information content (AvgIpc) is 2.34. The average molecular weight is 266 g/mol. The van der Waals surface area contributed by atoms with Crippen molar-refractivity contribution >= 4 is 23.5 Å². The van der Waals surface area contributed by atoms with Crippen molar-refractivity contribution in [2.24, 2.45) is 5.92 Å². The van der Waals surface area contributed by atoms with Crippen LogP contribution in [0, 0.1) is 5.92 Å². The van der Waals surface area contributed by atoms with Crippen molar-refractivity contribution in [3.8, 4) is 0 Å². The van der Waals surface area contributed by atoms with Gasteiger partial charge in [0.2, 0.25) is 0 Å². The molecular weight excluding hydrogens is 248 g/mol. The first-order chi connectivity index (χ1) is 8.50. The standard InChI is InChI=1S/C14H18O3S/c1-10(2)14(17)11-5-7-12(8-6-11)18-9-3-4-13(15)16/h5-8,10H,3-4,9H2,1-2H3,(H,15,16). The molecule has 1 aromatic rings. The summed E-state index contributed by atoms with van der Waals surface area (Å²) in [5.41, 5.74) is 0.736. The molecule has 1 N–H and O–H groups in total. The molecule has 1 aromatic carbocycles. The number of rotatable bonds is 7. The van der Waals surface area contributed by atoms with Crippen LogP contribution in [-0.2, 0) is 4.79 Å². The number of Topliss-reactive ketones (excluding diaryl/α,β-unsaturated/α-hetero) is 1. The lowest BCUT2D eigenvalue weighted by molar-refractivity contribution is -0.137. The Labute approximate surface area is 112 Å². The fourth-order valence-corrected chi connectivity index (χ4v) is 2.32. The normalized spacial score (nSPS) is 10.6. The van der Waals surface area contributed by atoms with E-state index in [0.29, 0.717) is 6.42 Å². The minimum absolute atomic E-state index is 0.0130. The van der Waals surface area contributed by atoms with Crippen LogP contribution in [0.25, 0.3) is 0 Å². The Hall–Kier alpha value is -1.29. The van der Waals surface area contributed by atoms with Crippen molar-refractivity contribution in [1.29, 1.82) is 0 Å². The van der Waals surface area contributed by atoms with Gasteiger partial charge in [0.25, 0.3) is 0 Å². The zero-order valence-corrected chi connectivity index (χ0v) is 11.5. The fraction of sp³-hybridized carbons (Fsp3) is 0.429. The van der Waals surface area contributed by atoms with Gasteiger partial charge in [-0.1, -0.05) is 26.0 Å². The maximum Gasteiger partial charge on any atom is 0.303 e. The van der Waals surface area contributed by atoms with E-state index < -0.39 is 5.97 Å². The Morgan fingerprint density at radius 1 is 1.22 bits per heavy atom. The van der Waals surface area contributed by atoms with E-state index >= 15 is 0 Å². The molecule has 0 radical (unpaired) electrons. The van der Waals surface area contributed by atoms with Crippen molar-refractivity contribution < 1.29 is 14.7 Å². The maximum atomic E-state index is 11.7. The first kappa shape index (κ1) is 14.8. The van der Waals surface area contributed by atoms with E-state index in [1.165, 1.54) is 0 Å². The van der Waals surface area contributed by atoms with E-state index in [-0.39, 0.29) is 18.1 Å². The SMILES string of the molecule is CC(C)C(=O)c1ccc(SCCCC(=O)O)cc1. The molecule has 0 aliphatic rings. The van der Waals surface area contributed by atoms with E-state index in [4.69, 9.17) is 5.11 Å². The molecule has 0 aromatic heterocycles. The minimum atomic E-state index is -0.756. The highest BCUT2D eigenvalue weighted by molar-refractivity contribution is 7.99. The van der Waals surface area contributed by atoms with Gasteiger partial charge in [-0.15, -0.1) is 11.8 Å². The molecular formula is C14H18O3S. The Kier molecular flexibility index (Phi) is 5.92. The number of thioether (sulfide) groups is 1. The molecule has 0 atom stereocenters. The van der Waals surface area contributed by atoms with Gasteiger partial charge in [0, 0.05) is 22.8 Å². The largest absolute Gasteiger partial charge is 0.481 e. The minimum Gasteiger partial charge on any atom is -0.481 e. The second-order valence-electron chi connectivity index (χ2n) is 4.39. The van der Waals surface area contributed by atoms with Crippen LogP contribution in [0.1, 0.15) is 37.0 Å². The second kappa shape index (κ2) is 7.21. The third-order valence-corrected chi connectivity index (χ3v) is 3.57. The first-order valence-corrected chi connectivity index (χ1v) is 6.98. The first-order valence-electron chi connectivity index (χ1n) is 5.99. The van der Waals surface area contributed by atoms with E-state index in [2.05, 4.69) is 0 Å². The van der Waals surface area contributed by atoms with E-state index in [9.17, 15) is 9.59 Å². The number of carboxylic acids is 1. The molecule has 0 saturated carbocycles. The van der Waals surface area contributed by atoms with Crippen molar-refractivity contribution in [2.45, 2.75) is 31.6 Å². The number of carboxylic acid groups (broad SMARTS) is 1. The molecule has 4 heteroatoms. The summed E-state index contributed by atoms with van der Waals surface area (Å²) >= 11 is 1.62. The molecule has 0 aliphatic heterocycles. The number of carbonyl (C=O) groups excluding carboxylic acids is 1. The van der Waals surface area contributed by atoms with Gasteiger partial charge in [0.1, 0.15) is 0 Å². The molecule has 18 heavy (non-hydrogen) atoms. The zero-order valence-electron chi connectivity index (χ0n) is 10.7. The maximum absolute atomic E-state index is 11.7. The van der Waals surface area contributed by atoms with E-state index in [1.54, 1.807) is 11.8 Å². The van der Waals surface area contributed by atoms with Crippen molar-refractivity contribution in [3.63, 3.8) is 0 Å². The summed E-state index contributed by atoms with van der Waals surface area (Å²) in [5.74, 6) is 0.189. The highest BCUT2D eigenvalue weighted by Crippen LogP contribution is 2.20. The van der Waals surface area contributed by atoms with Gasteiger partial charge in [-0.2, -0.15) is 0 Å². The molecule has 0 spiro atoms. The monoisotopic (exact) mass is 266 g/mol.